The van der Waals surface area contributed by atoms with Crippen molar-refractivity contribution in [2.45, 2.75) is 72.6 Å². The Kier molecular flexibility index (Phi) is 10.6. The zero-order valence-corrected chi connectivity index (χ0v) is 29.1. The highest BCUT2D eigenvalue weighted by atomic mass is 16.5. The van der Waals surface area contributed by atoms with E-state index in [9.17, 15) is 9.59 Å². The lowest BCUT2D eigenvalue weighted by atomic mass is 10.1. The van der Waals surface area contributed by atoms with E-state index in [2.05, 4.69) is 31.0 Å². The molecule has 15 heteroatoms. The first-order valence-electron chi connectivity index (χ1n) is 16.3. The largest absolute Gasteiger partial charge is 0.494 e. The molecule has 3 unspecified atom stereocenters. The topological polar surface area (TPSA) is 192 Å². The number of carbonyl (C=O) groups is 2. The van der Waals surface area contributed by atoms with E-state index in [1.54, 1.807) is 22.9 Å². The fourth-order valence-electron chi connectivity index (χ4n) is 6.17. The maximum absolute atomic E-state index is 13.5. The number of hydrogen-bond donors (Lipinski definition) is 6. The fourth-order valence-corrected chi connectivity index (χ4v) is 6.17. The number of fused-ring (bicyclic) bond motifs is 2. The first kappa shape index (κ1) is 35.0. The molecular weight excluding hydrogens is 626 g/mol. The molecule has 0 saturated heterocycles. The summed E-state index contributed by atoms with van der Waals surface area (Å²) in [5.74, 6) is 6.63. The third-order valence-electron chi connectivity index (χ3n) is 8.40. The number of imidazole rings is 1. The molecule has 8 N–H and O–H groups in total. The van der Waals surface area contributed by atoms with Gasteiger partial charge in [0.1, 0.15) is 28.4 Å². The van der Waals surface area contributed by atoms with Crippen LogP contribution >= 0.6 is 0 Å². The normalized spacial score (nSPS) is 15.3. The molecule has 1 aliphatic heterocycles. The molecule has 2 amide bonds. The number of nitrogens with two attached hydrogens (primary N) is 2. The summed E-state index contributed by atoms with van der Waals surface area (Å²) >= 11 is 0. The van der Waals surface area contributed by atoms with Gasteiger partial charge >= 0.3 is 0 Å². The number of anilines is 3. The summed E-state index contributed by atoms with van der Waals surface area (Å²) < 4.78 is 15.9. The van der Waals surface area contributed by atoms with Gasteiger partial charge in [-0.15, -0.1) is 0 Å². The van der Waals surface area contributed by atoms with Crippen LogP contribution in [0.1, 0.15) is 59.3 Å². The van der Waals surface area contributed by atoms with Gasteiger partial charge in [-0.05, 0) is 70.5 Å². The summed E-state index contributed by atoms with van der Waals surface area (Å²) in [6.45, 7) is 11.2. The highest BCUT2D eigenvalue weighted by molar-refractivity contribution is 5.98. The molecule has 0 aliphatic carbocycles. The maximum Gasteiger partial charge on any atom is 0.272 e. The Balaban J connectivity index is 1.44. The predicted molar refractivity (Wildman–Crippen MR) is 191 cm³/mol. The van der Waals surface area contributed by atoms with Gasteiger partial charge in [-0.3, -0.25) is 25.5 Å². The molecule has 2 aromatic heterocycles. The molecule has 0 radical (unpaired) electrons. The Morgan fingerprint density at radius 3 is 2.53 bits per heavy atom. The fraction of sp³-hybridized carbons (Fsp3) is 0.412. The lowest BCUT2D eigenvalue weighted by molar-refractivity contribution is 0.0930. The van der Waals surface area contributed by atoms with Crippen molar-refractivity contribution in [1.29, 1.82) is 0 Å². The summed E-state index contributed by atoms with van der Waals surface area (Å²) in [7, 11) is 3.37. The number of benzene rings is 2. The van der Waals surface area contributed by atoms with E-state index >= 15 is 0 Å². The SMILES string of the molecule is CCn1nc(C)cc1C(=O)NC1Nc2cc(C(N)=O)cc(OC)c2N1C/C=C/Cn1c(NC)nc2cc(C)cc(OC(C)CC(C)NN)c21. The minimum atomic E-state index is -0.665. The second kappa shape index (κ2) is 14.9. The summed E-state index contributed by atoms with van der Waals surface area (Å²) in [5.41, 5.74) is 13.9. The zero-order chi connectivity index (χ0) is 35.4. The van der Waals surface area contributed by atoms with E-state index in [0.717, 1.165) is 34.5 Å². The van der Waals surface area contributed by atoms with Crippen LogP contribution in [0.3, 0.4) is 0 Å². The van der Waals surface area contributed by atoms with Crippen molar-refractivity contribution in [3.8, 4) is 11.5 Å². The zero-order valence-electron chi connectivity index (χ0n) is 29.1. The number of aryl methyl sites for hydroxylation is 3. The van der Waals surface area contributed by atoms with Gasteiger partial charge in [0.05, 0.1) is 30.1 Å². The number of methoxy groups -OCH3 is 1. The molecule has 4 aromatic rings. The van der Waals surface area contributed by atoms with Crippen molar-refractivity contribution >= 4 is 40.2 Å². The minimum Gasteiger partial charge on any atom is -0.494 e. The average Bonchev–Trinajstić information content (AvgIpc) is 3.74. The lowest BCUT2D eigenvalue weighted by Crippen LogP contribution is -2.50. The van der Waals surface area contributed by atoms with Gasteiger partial charge in [0, 0.05) is 44.7 Å². The number of nitrogens with zero attached hydrogens (tertiary/aromatic N) is 5. The molecule has 2 aromatic carbocycles. The number of hydrogen-bond acceptors (Lipinski definition) is 11. The number of primary amides is 1. The standard InChI is InChI=1S/C34H47N11O4/c1-8-45-26(16-21(4)42-45)32(47)40-34-39-25-17-23(31(35)46)18-27(48-7)29(25)44(34)12-10-9-11-43-30-24(38-33(43)37-6)13-19(2)14-28(30)49-22(5)15-20(3)41-36/h9-10,13-14,16-18,20,22,34,39,41H,8,11-12,15,36H2,1-7H3,(H2,35,46)(H,37,38)(H,40,47)/b10-9+. The number of hydrazine groups is 1. The van der Waals surface area contributed by atoms with Crippen LogP contribution in [0, 0.1) is 13.8 Å². The number of aromatic nitrogens is 4. The van der Waals surface area contributed by atoms with Crippen LogP contribution < -0.4 is 47.3 Å². The minimum absolute atomic E-state index is 0.0900. The van der Waals surface area contributed by atoms with Gasteiger partial charge in [-0.1, -0.05) is 12.2 Å². The van der Waals surface area contributed by atoms with Crippen molar-refractivity contribution in [3.63, 3.8) is 0 Å². The summed E-state index contributed by atoms with van der Waals surface area (Å²) in [5, 5.41) is 14.0. The first-order valence-corrected chi connectivity index (χ1v) is 16.3. The number of carbonyl (C=O) groups excluding carboxylic acids is 2. The van der Waals surface area contributed by atoms with Crippen molar-refractivity contribution in [1.82, 2.24) is 30.1 Å². The Morgan fingerprint density at radius 2 is 1.86 bits per heavy atom. The molecule has 0 spiro atoms. The van der Waals surface area contributed by atoms with Crippen LogP contribution in [0.25, 0.3) is 11.0 Å². The molecule has 0 bridgehead atoms. The molecule has 15 nitrogen and oxygen atoms in total. The highest BCUT2D eigenvalue weighted by Crippen LogP contribution is 2.43. The van der Waals surface area contributed by atoms with Crippen LogP contribution in [0.15, 0.2) is 42.5 Å². The smallest absolute Gasteiger partial charge is 0.272 e. The number of ether oxygens (including phenoxy) is 2. The Morgan fingerprint density at radius 1 is 1.10 bits per heavy atom. The maximum atomic E-state index is 13.5. The third-order valence-corrected chi connectivity index (χ3v) is 8.40. The monoisotopic (exact) mass is 673 g/mol. The Bertz CT molecular complexity index is 1860. The number of nitrogens with one attached hydrogen (secondary N) is 4. The Hall–Kier alpha value is -5.28. The van der Waals surface area contributed by atoms with Gasteiger partial charge < -0.3 is 40.6 Å². The summed E-state index contributed by atoms with van der Waals surface area (Å²) in [6, 6.07) is 9.17. The van der Waals surface area contributed by atoms with Crippen molar-refractivity contribution in [3.05, 3.63) is 65.0 Å². The molecule has 3 heterocycles. The molecule has 262 valence electrons. The molecule has 5 rings (SSSR count). The molecule has 0 saturated carbocycles. The number of rotatable bonds is 15. The van der Waals surface area contributed by atoms with Gasteiger partial charge in [0.15, 0.2) is 6.29 Å². The molecule has 1 aliphatic rings. The van der Waals surface area contributed by atoms with E-state index in [4.69, 9.17) is 26.0 Å². The van der Waals surface area contributed by atoms with Crippen LogP contribution in [0.4, 0.5) is 17.3 Å². The molecule has 49 heavy (non-hydrogen) atoms. The number of amides is 2. The van der Waals surface area contributed by atoms with Crippen molar-refractivity contribution in [2.75, 3.05) is 36.2 Å². The van der Waals surface area contributed by atoms with Crippen molar-refractivity contribution < 1.29 is 19.1 Å². The second-order valence-electron chi connectivity index (χ2n) is 12.2. The van der Waals surface area contributed by atoms with Crippen molar-refractivity contribution in [2.24, 2.45) is 11.6 Å². The van der Waals surface area contributed by atoms with Gasteiger partial charge in [-0.2, -0.15) is 5.10 Å². The first-order chi connectivity index (χ1) is 23.5. The summed E-state index contributed by atoms with van der Waals surface area (Å²) in [4.78, 5) is 32.4. The van der Waals surface area contributed by atoms with E-state index in [1.807, 2.05) is 70.9 Å². The Labute approximate surface area is 286 Å². The van der Waals surface area contributed by atoms with Crippen LogP contribution in [-0.2, 0) is 13.1 Å². The van der Waals surface area contributed by atoms with Crippen LogP contribution in [-0.4, -0.2) is 70.3 Å². The summed E-state index contributed by atoms with van der Waals surface area (Å²) in [6.07, 6.45) is 4.02. The van der Waals surface area contributed by atoms with Gasteiger partial charge in [0.25, 0.3) is 5.91 Å². The van der Waals surface area contributed by atoms with E-state index < -0.39 is 12.2 Å². The van der Waals surface area contributed by atoms with E-state index in [1.165, 1.54) is 7.11 Å². The lowest BCUT2D eigenvalue weighted by Gasteiger charge is -2.27. The second-order valence-corrected chi connectivity index (χ2v) is 12.2. The number of allylic oxidation sites excluding steroid dienone is 1. The average molecular weight is 674 g/mol. The van der Waals surface area contributed by atoms with Crippen LogP contribution in [0.5, 0.6) is 11.5 Å². The third kappa shape index (κ3) is 7.42. The van der Waals surface area contributed by atoms with Crippen LogP contribution in [0.2, 0.25) is 0 Å². The molecule has 3 atom stereocenters. The molecule has 0 fully saturated rings. The van der Waals surface area contributed by atoms with E-state index in [0.29, 0.717) is 48.4 Å². The quantitative estimate of drug-likeness (QED) is 0.0617. The van der Waals surface area contributed by atoms with Gasteiger partial charge in [-0.25, -0.2) is 4.98 Å². The van der Waals surface area contributed by atoms with E-state index in [-0.39, 0.29) is 23.6 Å². The highest BCUT2D eigenvalue weighted by Gasteiger charge is 2.34. The predicted octanol–water partition coefficient (Wildman–Crippen LogP) is 3.23. The molecular formula is C34H47N11O4. The van der Waals surface area contributed by atoms with Gasteiger partial charge in [0.2, 0.25) is 11.9 Å².